The zero-order chi connectivity index (χ0) is 25.1. The van der Waals surface area contributed by atoms with Crippen LogP contribution in [0.1, 0.15) is 38.8 Å². The summed E-state index contributed by atoms with van der Waals surface area (Å²) in [6.07, 6.45) is 0. The summed E-state index contributed by atoms with van der Waals surface area (Å²) >= 11 is 1.14. The van der Waals surface area contributed by atoms with Gasteiger partial charge in [-0.25, -0.2) is 0 Å². The number of ketones is 2. The van der Waals surface area contributed by atoms with Crippen molar-refractivity contribution in [2.24, 2.45) is 0 Å². The van der Waals surface area contributed by atoms with Crippen LogP contribution in [-0.4, -0.2) is 40.2 Å². The van der Waals surface area contributed by atoms with Crippen LogP contribution in [0.2, 0.25) is 0 Å². The molecule has 0 radical (unpaired) electrons. The molecule has 0 saturated carbocycles. The third kappa shape index (κ3) is 5.12. The Kier molecular flexibility index (Phi) is 6.74. The van der Waals surface area contributed by atoms with E-state index in [2.05, 4.69) is 5.32 Å². The first-order chi connectivity index (χ1) is 16.7. The predicted octanol–water partition coefficient (Wildman–Crippen LogP) is 4.03. The number of fused-ring (bicyclic) bond motifs is 2. The molecular weight excluding hydrogens is 472 g/mol. The standard InChI is InChI=1S/C25H18N2O7S/c1-14(35-17-9-7-16(8-10-17)27(32)33)25(31)34-13-22(28)26-15-6-11-20-21(12-15)24(30)19-5-3-2-4-18(19)23(20)29/h2-12,14H,13H2,1H3,(H,26,28). The van der Waals surface area contributed by atoms with Crippen molar-refractivity contribution in [3.63, 3.8) is 0 Å². The minimum Gasteiger partial charge on any atom is -0.455 e. The Hall–Kier alpha value is -4.31. The van der Waals surface area contributed by atoms with Crippen molar-refractivity contribution < 1.29 is 28.8 Å². The quantitative estimate of drug-likeness (QED) is 0.178. The van der Waals surface area contributed by atoms with E-state index in [1.165, 1.54) is 42.5 Å². The van der Waals surface area contributed by atoms with E-state index in [9.17, 15) is 29.3 Å². The molecule has 1 unspecified atom stereocenters. The monoisotopic (exact) mass is 490 g/mol. The number of anilines is 1. The Morgan fingerprint density at radius 2 is 1.54 bits per heavy atom. The molecule has 0 aliphatic heterocycles. The molecule has 10 heteroatoms. The van der Waals surface area contributed by atoms with Gasteiger partial charge in [0.25, 0.3) is 11.6 Å². The van der Waals surface area contributed by atoms with E-state index in [0.717, 1.165) is 11.8 Å². The van der Waals surface area contributed by atoms with Gasteiger partial charge in [-0.15, -0.1) is 11.8 Å². The molecule has 4 rings (SSSR count). The molecular formula is C25H18N2O7S. The first-order valence-corrected chi connectivity index (χ1v) is 11.3. The van der Waals surface area contributed by atoms with Crippen LogP contribution in [0.5, 0.6) is 0 Å². The minimum atomic E-state index is -0.656. The average Bonchev–Trinajstić information content (AvgIpc) is 2.86. The van der Waals surface area contributed by atoms with Crippen molar-refractivity contribution >= 4 is 46.6 Å². The lowest BCUT2D eigenvalue weighted by Crippen LogP contribution is -2.25. The van der Waals surface area contributed by atoms with Gasteiger partial charge < -0.3 is 10.1 Å². The largest absolute Gasteiger partial charge is 0.455 e. The van der Waals surface area contributed by atoms with Crippen LogP contribution in [0.15, 0.2) is 71.6 Å². The summed E-state index contributed by atoms with van der Waals surface area (Å²) in [6.45, 7) is 1.05. The number of nitrogens with zero attached hydrogens (tertiary/aromatic N) is 1. The highest BCUT2D eigenvalue weighted by molar-refractivity contribution is 8.00. The number of thioether (sulfide) groups is 1. The molecule has 1 atom stereocenters. The molecule has 0 bridgehead atoms. The van der Waals surface area contributed by atoms with E-state index >= 15 is 0 Å². The second kappa shape index (κ2) is 9.90. The van der Waals surface area contributed by atoms with Crippen molar-refractivity contribution in [3.05, 3.63) is 99.1 Å². The summed E-state index contributed by atoms with van der Waals surface area (Å²) < 4.78 is 5.07. The number of ether oxygens (including phenoxy) is 1. The van der Waals surface area contributed by atoms with Crippen molar-refractivity contribution in [2.75, 3.05) is 11.9 Å². The number of esters is 1. The summed E-state index contributed by atoms with van der Waals surface area (Å²) in [5.74, 6) is -1.82. The van der Waals surface area contributed by atoms with Gasteiger partial charge in [0.05, 0.1) is 4.92 Å². The lowest BCUT2D eigenvalue weighted by atomic mass is 9.84. The highest BCUT2D eigenvalue weighted by atomic mass is 32.2. The average molecular weight is 490 g/mol. The Bertz CT molecular complexity index is 1370. The molecule has 1 amide bonds. The molecule has 176 valence electrons. The lowest BCUT2D eigenvalue weighted by molar-refractivity contribution is -0.384. The number of non-ortho nitro benzene ring substituents is 1. The molecule has 1 N–H and O–H groups in total. The van der Waals surface area contributed by atoms with Crippen molar-refractivity contribution in [3.8, 4) is 0 Å². The van der Waals surface area contributed by atoms with Gasteiger partial charge in [-0.3, -0.25) is 29.3 Å². The third-order valence-corrected chi connectivity index (χ3v) is 6.34. The van der Waals surface area contributed by atoms with Crippen LogP contribution in [0.25, 0.3) is 0 Å². The zero-order valence-corrected chi connectivity index (χ0v) is 19.2. The Morgan fingerprint density at radius 3 is 2.17 bits per heavy atom. The summed E-state index contributed by atoms with van der Waals surface area (Å²) in [4.78, 5) is 60.9. The highest BCUT2D eigenvalue weighted by Gasteiger charge is 2.29. The van der Waals surface area contributed by atoms with Crippen LogP contribution in [0, 0.1) is 10.1 Å². The number of rotatable bonds is 7. The first-order valence-electron chi connectivity index (χ1n) is 10.4. The Morgan fingerprint density at radius 1 is 0.943 bits per heavy atom. The van der Waals surface area contributed by atoms with Crippen LogP contribution in [0.3, 0.4) is 0 Å². The molecule has 0 spiro atoms. The summed E-state index contributed by atoms with van der Waals surface area (Å²) in [5.41, 5.74) is 1.33. The van der Waals surface area contributed by atoms with E-state index in [1.807, 2.05) is 0 Å². The van der Waals surface area contributed by atoms with E-state index in [-0.39, 0.29) is 28.4 Å². The molecule has 0 saturated heterocycles. The summed E-state index contributed by atoms with van der Waals surface area (Å²) in [7, 11) is 0. The molecule has 0 aromatic heterocycles. The SMILES string of the molecule is CC(Sc1ccc([N+](=O)[O-])cc1)C(=O)OCC(=O)Nc1ccc2c(c1)C(=O)c1ccccc1C2=O. The second-order valence-corrected chi connectivity index (χ2v) is 9.05. The van der Waals surface area contributed by atoms with Gasteiger partial charge in [0.15, 0.2) is 18.2 Å². The highest BCUT2D eigenvalue weighted by Crippen LogP contribution is 2.29. The second-order valence-electron chi connectivity index (χ2n) is 7.63. The molecule has 3 aromatic carbocycles. The number of carbonyl (C=O) groups is 4. The number of carbonyl (C=O) groups excluding carboxylic acids is 4. The van der Waals surface area contributed by atoms with Crippen LogP contribution in [0.4, 0.5) is 11.4 Å². The maximum Gasteiger partial charge on any atom is 0.319 e. The van der Waals surface area contributed by atoms with Gasteiger partial charge in [0, 0.05) is 45.0 Å². The van der Waals surface area contributed by atoms with Crippen molar-refractivity contribution in [1.29, 1.82) is 0 Å². The minimum absolute atomic E-state index is 0.0568. The van der Waals surface area contributed by atoms with Gasteiger partial charge in [-0.2, -0.15) is 0 Å². The number of nitrogens with one attached hydrogen (secondary N) is 1. The topological polar surface area (TPSA) is 133 Å². The molecule has 1 aliphatic carbocycles. The Labute approximate surface area is 203 Å². The van der Waals surface area contributed by atoms with Gasteiger partial charge in [-0.05, 0) is 37.3 Å². The summed E-state index contributed by atoms with van der Waals surface area (Å²) in [5, 5.41) is 12.6. The summed E-state index contributed by atoms with van der Waals surface area (Å²) in [6, 6.07) is 16.7. The number of benzene rings is 3. The molecule has 0 heterocycles. The van der Waals surface area contributed by atoms with Crippen molar-refractivity contribution in [1.82, 2.24) is 0 Å². The van der Waals surface area contributed by atoms with Gasteiger partial charge in [-0.1, -0.05) is 24.3 Å². The van der Waals surface area contributed by atoms with Crippen molar-refractivity contribution in [2.45, 2.75) is 17.1 Å². The van der Waals surface area contributed by atoms with Crippen LogP contribution < -0.4 is 5.32 Å². The van der Waals surface area contributed by atoms with Gasteiger partial charge >= 0.3 is 5.97 Å². The normalized spacial score (nSPS) is 12.8. The number of nitro benzene ring substituents is 1. The molecule has 35 heavy (non-hydrogen) atoms. The fraction of sp³-hybridized carbons (Fsp3) is 0.120. The molecule has 3 aromatic rings. The lowest BCUT2D eigenvalue weighted by Gasteiger charge is -2.18. The first kappa shape index (κ1) is 23.8. The van der Waals surface area contributed by atoms with Crippen LogP contribution >= 0.6 is 11.8 Å². The third-order valence-electron chi connectivity index (χ3n) is 5.25. The van der Waals surface area contributed by atoms with Gasteiger partial charge in [0.1, 0.15) is 5.25 Å². The van der Waals surface area contributed by atoms with E-state index in [1.54, 1.807) is 31.2 Å². The number of hydrogen-bond donors (Lipinski definition) is 1. The zero-order valence-electron chi connectivity index (χ0n) is 18.3. The smallest absolute Gasteiger partial charge is 0.319 e. The van der Waals surface area contributed by atoms with Gasteiger partial charge in [0.2, 0.25) is 0 Å². The molecule has 9 nitrogen and oxygen atoms in total. The number of amides is 1. The fourth-order valence-electron chi connectivity index (χ4n) is 3.53. The van der Waals surface area contributed by atoms with Crippen LogP contribution in [-0.2, 0) is 14.3 Å². The maximum atomic E-state index is 12.8. The Balaban J connectivity index is 1.34. The predicted molar refractivity (Wildman–Crippen MR) is 128 cm³/mol. The number of hydrogen-bond acceptors (Lipinski definition) is 8. The number of nitro groups is 1. The van der Waals surface area contributed by atoms with E-state index in [4.69, 9.17) is 4.74 Å². The van der Waals surface area contributed by atoms with E-state index < -0.39 is 28.7 Å². The molecule has 1 aliphatic rings. The molecule has 0 fully saturated rings. The van der Waals surface area contributed by atoms with E-state index in [0.29, 0.717) is 21.7 Å². The fourth-order valence-corrected chi connectivity index (χ4v) is 4.39. The maximum absolute atomic E-state index is 12.8.